The molecule has 88 valence electrons. The molecule has 6 heteroatoms. The average molecular weight is 240 g/mol. The first kappa shape index (κ1) is 11.3. The molecule has 1 saturated heterocycles. The molecule has 2 rings (SSSR count). The minimum absolute atomic E-state index is 0.649. The molecule has 1 aliphatic heterocycles. The lowest BCUT2D eigenvalue weighted by molar-refractivity contribution is 0.672. The molecule has 1 N–H and O–H groups in total. The van der Waals surface area contributed by atoms with Gasteiger partial charge < -0.3 is 10.2 Å². The van der Waals surface area contributed by atoms with Gasteiger partial charge in [-0.05, 0) is 6.92 Å². The second kappa shape index (κ2) is 5.25. The highest BCUT2D eigenvalue weighted by Crippen LogP contribution is 2.14. The maximum Gasteiger partial charge on any atom is 0.149 e. The van der Waals surface area contributed by atoms with Crippen LogP contribution in [0.5, 0.6) is 0 Å². The van der Waals surface area contributed by atoms with Crippen molar-refractivity contribution in [3.05, 3.63) is 12.4 Å². The van der Waals surface area contributed by atoms with Gasteiger partial charge in [0.25, 0.3) is 0 Å². The van der Waals surface area contributed by atoms with Crippen molar-refractivity contribution in [1.29, 1.82) is 0 Å². The van der Waals surface area contributed by atoms with Crippen LogP contribution in [-0.2, 0) is 10.8 Å². The molecule has 0 radical (unpaired) electrons. The highest BCUT2D eigenvalue weighted by molar-refractivity contribution is 7.85. The van der Waals surface area contributed by atoms with Crippen LogP contribution in [0.1, 0.15) is 6.92 Å². The third-order valence-electron chi connectivity index (χ3n) is 2.48. The van der Waals surface area contributed by atoms with Crippen LogP contribution in [0.3, 0.4) is 0 Å². The molecular formula is C10H16N4OS. The monoisotopic (exact) mass is 240 g/mol. The van der Waals surface area contributed by atoms with E-state index in [2.05, 4.69) is 20.2 Å². The summed E-state index contributed by atoms with van der Waals surface area (Å²) in [6.07, 6.45) is 3.48. The van der Waals surface area contributed by atoms with Crippen molar-refractivity contribution in [2.24, 2.45) is 0 Å². The van der Waals surface area contributed by atoms with Gasteiger partial charge in [0.2, 0.25) is 0 Å². The van der Waals surface area contributed by atoms with Crippen LogP contribution in [0.2, 0.25) is 0 Å². The molecule has 1 aliphatic rings. The molecule has 0 aromatic carbocycles. The van der Waals surface area contributed by atoms with Crippen molar-refractivity contribution in [3.8, 4) is 0 Å². The molecule has 1 aromatic rings. The van der Waals surface area contributed by atoms with E-state index in [1.807, 2.05) is 6.92 Å². The third-order valence-corrected chi connectivity index (χ3v) is 3.76. The predicted molar refractivity (Wildman–Crippen MR) is 66.3 cm³/mol. The fraction of sp³-hybridized carbons (Fsp3) is 0.600. The van der Waals surface area contributed by atoms with Crippen LogP contribution in [0.25, 0.3) is 0 Å². The summed E-state index contributed by atoms with van der Waals surface area (Å²) >= 11 is 0. The molecule has 1 aromatic heterocycles. The minimum atomic E-state index is -0.649. The first-order valence-electron chi connectivity index (χ1n) is 5.45. The van der Waals surface area contributed by atoms with Gasteiger partial charge in [-0.15, -0.1) is 0 Å². The second-order valence-corrected chi connectivity index (χ2v) is 5.32. The number of nitrogens with one attached hydrogen (secondary N) is 1. The molecule has 2 heterocycles. The molecule has 1 fully saturated rings. The molecule has 0 aliphatic carbocycles. The van der Waals surface area contributed by atoms with Crippen molar-refractivity contribution in [3.63, 3.8) is 0 Å². The van der Waals surface area contributed by atoms with Crippen molar-refractivity contribution in [1.82, 2.24) is 9.97 Å². The van der Waals surface area contributed by atoms with Crippen LogP contribution < -0.4 is 10.2 Å². The SMILES string of the molecule is CCNc1cncc(N2CCS(=O)CC2)n1. The standard InChI is InChI=1S/C10H16N4OS/c1-2-12-9-7-11-8-10(13-9)14-3-5-16(15)6-4-14/h7-8H,2-6H2,1H3,(H,12,13). The smallest absolute Gasteiger partial charge is 0.149 e. The summed E-state index contributed by atoms with van der Waals surface area (Å²) in [4.78, 5) is 10.8. The summed E-state index contributed by atoms with van der Waals surface area (Å²) in [5.41, 5.74) is 0. The van der Waals surface area contributed by atoms with E-state index in [4.69, 9.17) is 0 Å². The van der Waals surface area contributed by atoms with Crippen LogP contribution in [-0.4, -0.2) is 45.3 Å². The quantitative estimate of drug-likeness (QED) is 0.832. The molecule has 0 bridgehead atoms. The maximum absolute atomic E-state index is 11.2. The second-order valence-electron chi connectivity index (χ2n) is 3.63. The number of aromatic nitrogens is 2. The summed E-state index contributed by atoms with van der Waals surface area (Å²) in [6, 6.07) is 0. The van der Waals surface area contributed by atoms with Gasteiger partial charge in [0.05, 0.1) is 12.4 Å². The first-order valence-corrected chi connectivity index (χ1v) is 6.94. The van der Waals surface area contributed by atoms with Gasteiger partial charge in [-0.1, -0.05) is 0 Å². The molecule has 0 saturated carbocycles. The summed E-state index contributed by atoms with van der Waals surface area (Å²) in [6.45, 7) is 4.47. The topological polar surface area (TPSA) is 58.1 Å². The van der Waals surface area contributed by atoms with E-state index in [0.29, 0.717) is 0 Å². The van der Waals surface area contributed by atoms with Crippen molar-refractivity contribution in [2.75, 3.05) is 41.4 Å². The van der Waals surface area contributed by atoms with E-state index in [1.165, 1.54) is 0 Å². The lowest BCUT2D eigenvalue weighted by atomic mass is 10.4. The van der Waals surface area contributed by atoms with Gasteiger partial charge in [0.15, 0.2) is 0 Å². The fourth-order valence-corrected chi connectivity index (χ4v) is 2.69. The van der Waals surface area contributed by atoms with Crippen molar-refractivity contribution < 1.29 is 4.21 Å². The fourth-order valence-electron chi connectivity index (χ4n) is 1.64. The Kier molecular flexibility index (Phi) is 3.71. The van der Waals surface area contributed by atoms with Crippen LogP contribution >= 0.6 is 0 Å². The zero-order chi connectivity index (χ0) is 11.4. The number of hydrogen-bond donors (Lipinski definition) is 1. The largest absolute Gasteiger partial charge is 0.369 e. The van der Waals surface area contributed by atoms with Gasteiger partial charge >= 0.3 is 0 Å². The Morgan fingerprint density at radius 3 is 2.88 bits per heavy atom. The predicted octanol–water partition coefficient (Wildman–Crippen LogP) is 0.477. The summed E-state index contributed by atoms with van der Waals surface area (Å²) < 4.78 is 11.2. The molecule has 5 nitrogen and oxygen atoms in total. The highest BCUT2D eigenvalue weighted by atomic mass is 32.2. The van der Waals surface area contributed by atoms with Gasteiger partial charge in [-0.25, -0.2) is 4.98 Å². The summed E-state index contributed by atoms with van der Waals surface area (Å²) in [7, 11) is -0.649. The van der Waals surface area contributed by atoms with E-state index < -0.39 is 10.8 Å². The van der Waals surface area contributed by atoms with Gasteiger partial charge in [0, 0.05) is 41.9 Å². The van der Waals surface area contributed by atoms with E-state index in [1.54, 1.807) is 12.4 Å². The highest BCUT2D eigenvalue weighted by Gasteiger charge is 2.16. The average Bonchev–Trinajstić information content (AvgIpc) is 2.31. The lowest BCUT2D eigenvalue weighted by Crippen LogP contribution is -2.38. The van der Waals surface area contributed by atoms with Crippen LogP contribution in [0.4, 0.5) is 11.6 Å². The van der Waals surface area contributed by atoms with Crippen molar-refractivity contribution in [2.45, 2.75) is 6.92 Å². The Hall–Kier alpha value is -1.17. The van der Waals surface area contributed by atoms with Gasteiger partial charge in [-0.2, -0.15) is 0 Å². The normalized spacial score (nSPS) is 17.4. The Labute approximate surface area is 97.7 Å². The molecule has 0 spiro atoms. The Morgan fingerprint density at radius 1 is 1.44 bits per heavy atom. The lowest BCUT2D eigenvalue weighted by Gasteiger charge is -2.27. The van der Waals surface area contributed by atoms with E-state index in [9.17, 15) is 4.21 Å². The maximum atomic E-state index is 11.2. The molecule has 0 amide bonds. The number of anilines is 2. The van der Waals surface area contributed by atoms with Crippen LogP contribution in [0.15, 0.2) is 12.4 Å². The summed E-state index contributed by atoms with van der Waals surface area (Å²) in [5, 5.41) is 3.14. The Morgan fingerprint density at radius 2 is 2.19 bits per heavy atom. The van der Waals surface area contributed by atoms with E-state index in [-0.39, 0.29) is 0 Å². The first-order chi connectivity index (χ1) is 7.79. The summed E-state index contributed by atoms with van der Waals surface area (Å²) in [5.74, 6) is 3.13. The molecule has 0 unspecified atom stereocenters. The zero-order valence-corrected chi connectivity index (χ0v) is 10.2. The van der Waals surface area contributed by atoms with Gasteiger partial charge in [0.1, 0.15) is 11.6 Å². The Bertz CT molecular complexity index is 375. The minimum Gasteiger partial charge on any atom is -0.369 e. The van der Waals surface area contributed by atoms with E-state index >= 15 is 0 Å². The number of nitrogens with zero attached hydrogens (tertiary/aromatic N) is 3. The molecule has 16 heavy (non-hydrogen) atoms. The van der Waals surface area contributed by atoms with Crippen molar-refractivity contribution >= 4 is 22.4 Å². The third kappa shape index (κ3) is 2.69. The Balaban J connectivity index is 2.08. The number of rotatable bonds is 3. The van der Waals surface area contributed by atoms with Gasteiger partial charge in [-0.3, -0.25) is 9.19 Å². The number of hydrogen-bond acceptors (Lipinski definition) is 5. The molecule has 0 atom stereocenters. The van der Waals surface area contributed by atoms with E-state index in [0.717, 1.165) is 42.8 Å². The molecular weight excluding hydrogens is 224 g/mol. The van der Waals surface area contributed by atoms with Crippen LogP contribution in [0, 0.1) is 0 Å². The zero-order valence-electron chi connectivity index (χ0n) is 9.35.